The van der Waals surface area contributed by atoms with Crippen LogP contribution in [0.5, 0.6) is 0 Å². The van der Waals surface area contributed by atoms with Gasteiger partial charge in [-0.05, 0) is 67.2 Å². The fourth-order valence-electron chi connectivity index (χ4n) is 12.1. The van der Waals surface area contributed by atoms with Gasteiger partial charge in [0.25, 0.3) is 0 Å². The Morgan fingerprint density at radius 2 is 1.05 bits per heavy atom. The van der Waals surface area contributed by atoms with Crippen molar-refractivity contribution in [3.63, 3.8) is 0 Å². The second-order valence-electron chi connectivity index (χ2n) is 28.7. The molecular weight excluding hydrogens is 1500 g/mol. The van der Waals surface area contributed by atoms with Crippen LogP contribution in [-0.2, 0) is 68.6 Å². The van der Waals surface area contributed by atoms with Crippen LogP contribution in [0.15, 0.2) is 30.5 Å². The maximum Gasteiger partial charge on any atom is -0.0405 e. The van der Waals surface area contributed by atoms with E-state index in [1.807, 2.05) is 22.8 Å². The maximum absolute atomic E-state index is 14.2. The molecule has 8 amide bonds. The summed E-state index contributed by atoms with van der Waals surface area (Å²) >= 11 is 0. The monoisotopic (exact) mass is 1610 g/mol. The molecule has 43 heteroatoms. The molecule has 2 aromatic rings. The molecule has 2 heterocycles. The van der Waals surface area contributed by atoms with Crippen molar-refractivity contribution in [2.24, 2.45) is 0 Å². The van der Waals surface area contributed by atoms with Crippen LogP contribution in [0.1, 0.15) is 154 Å². The summed E-state index contributed by atoms with van der Waals surface area (Å²) in [6.07, 6.45) is -2.56. The Balaban J connectivity index is 1.61. The predicted octanol–water partition coefficient (Wildman–Crippen LogP) is -0.503. The van der Waals surface area contributed by atoms with Crippen molar-refractivity contribution in [1.29, 1.82) is 0 Å². The Bertz CT molecular complexity index is 3420. The number of aromatic nitrogens is 3. The average molecular weight is 1610 g/mol. The standard InChI is InChI=1S/C65H109N14O25P3Si/c1-64(2,3)108(65(4,5)6)44-14-12-42(13-15-44)57(90)69-37-49(79-38-43(74-75-79)36-68-52(82)23-34-106(101,102)40-77-29-27-76(39-105-33-22-55(86)87)28-30-78(32-31-77)41-107(103,104)35-24-56(88)89)58(91)71-46(60(94)95)10-7-8-25-66-50(80)19-20-51(81)67-26-9-11-45(59(92)93)70-53(83)18-16-47(61(96)97)72-63(100)73-48(62(98)99)17-21-54(84)85/h12-15,38,45-49,101-102,105-106,108H,7-11,16-37,39-41H2,1-6H3,(H,66,80)(H,67,81)(H,68,82)(H,69,90)(H,70,83)(H,71,91)(H,84,85)(H,86,87)(H,88,89)(H,92,93)(H,94,95)(H,96,97)(H,98,99)(H,103,104)(H2,72,73,100)/t45?,46?,47-,48-,49?/m0/s1. The molecule has 7 atom stereocenters. The van der Waals surface area contributed by atoms with Gasteiger partial charge in [0.2, 0.25) is 17.7 Å². The third kappa shape index (κ3) is 38.2. The van der Waals surface area contributed by atoms with Gasteiger partial charge in [-0.1, -0.05) is 58.9 Å². The van der Waals surface area contributed by atoms with Crippen molar-refractivity contribution in [2.45, 2.75) is 178 Å². The number of hydrogen-bond acceptors (Lipinski definition) is 22. The second kappa shape index (κ2) is 46.3. The summed E-state index contributed by atoms with van der Waals surface area (Å²) in [5.41, 5.74) is 0.401. The molecule has 5 unspecified atom stereocenters. The molecule has 0 spiro atoms. The summed E-state index contributed by atoms with van der Waals surface area (Å²) in [5.74, 6) is -13.6. The van der Waals surface area contributed by atoms with E-state index in [4.69, 9.17) is 15.3 Å². The van der Waals surface area contributed by atoms with Gasteiger partial charge in [0.1, 0.15) is 18.1 Å². The number of nitrogens with one attached hydrogen (secondary N) is 8. The Morgan fingerprint density at radius 1 is 0.556 bits per heavy atom. The SMILES string of the molecule is CC(C)(C)[SiH](c1ccc(C(=O)NCC(C(=O)NC(CCCCNC(=O)CCC(=O)NCCCC(NC(=O)CC[C@H](NC(=O)N[C@@H](CCC(=O)O)C(=O)O)C(=O)O)C(=O)O)C(=O)O)n2cc(CNC(=O)CC[PH](O)(O)CN3CCN(CPCCC(=O)O)CCN(CP(=O)(O)CCC(=O)O)CC3)nn2)cc1)C(C)(C)C. The number of benzene rings is 1. The van der Waals surface area contributed by atoms with Crippen LogP contribution < -0.4 is 47.7 Å². The Morgan fingerprint density at radius 3 is 1.58 bits per heavy atom. The fourth-order valence-corrected chi connectivity index (χ4v) is 21.9. The summed E-state index contributed by atoms with van der Waals surface area (Å²) in [5, 5.41) is 94.3. The first-order valence-corrected chi connectivity index (χ1v) is 42.9. The molecule has 1 aliphatic rings. The molecule has 1 saturated heterocycles. The van der Waals surface area contributed by atoms with E-state index in [9.17, 15) is 107 Å². The zero-order valence-electron chi connectivity index (χ0n) is 61.8. The minimum Gasteiger partial charge on any atom is -0.0625 e. The molecule has 0 bridgehead atoms. The summed E-state index contributed by atoms with van der Waals surface area (Å²) in [7, 11) is -9.44. The molecule has 18 N–H and O–H groups in total. The number of unbranched alkanes of at least 4 members (excludes halogenated alkanes) is 1. The molecule has 0 aliphatic carbocycles. The molecule has 1 aromatic carbocycles. The number of carboxylic acids is 7. The van der Waals surface area contributed by atoms with Crippen molar-refractivity contribution in [2.75, 3.05) is 96.2 Å². The van der Waals surface area contributed by atoms with Crippen molar-refractivity contribution < 1.29 is 122 Å². The fraction of sp³-hybridized carbons (Fsp3) is 0.662. The largest absolute Gasteiger partial charge is 0.0625 e. The summed E-state index contributed by atoms with van der Waals surface area (Å²) < 4.78 is 14.1. The first-order valence-electron chi connectivity index (χ1n) is 35.4. The summed E-state index contributed by atoms with van der Waals surface area (Å²) in [6, 6.07) is -1.83. The first-order chi connectivity index (χ1) is 50.4. The van der Waals surface area contributed by atoms with Crippen LogP contribution in [0.4, 0.5) is 4.79 Å². The smallest absolute Gasteiger partial charge is 0.0405 e. The Kier molecular flexibility index (Phi) is 40.3. The Hall–Kier alpha value is -8.19. The van der Waals surface area contributed by atoms with Crippen molar-refractivity contribution in [1.82, 2.24) is 72.2 Å². The van der Waals surface area contributed by atoms with E-state index in [2.05, 4.69) is 88.7 Å². The van der Waals surface area contributed by atoms with Crippen LogP contribution in [0.25, 0.3) is 0 Å². The van der Waals surface area contributed by atoms with Crippen LogP contribution in [0.2, 0.25) is 10.1 Å². The number of carboxylic acid groups (broad SMARTS) is 7. The molecule has 108 heavy (non-hydrogen) atoms. The number of urea groups is 1. The van der Waals surface area contributed by atoms with E-state index < -0.39 is 182 Å². The van der Waals surface area contributed by atoms with Gasteiger partial charge in [-0.15, -0.1) is 0 Å². The van der Waals surface area contributed by atoms with Crippen LogP contribution in [0.3, 0.4) is 0 Å². The van der Waals surface area contributed by atoms with E-state index in [1.54, 1.807) is 21.9 Å². The molecule has 1 aliphatic heterocycles. The van der Waals surface area contributed by atoms with Crippen LogP contribution in [0, 0.1) is 0 Å². The molecule has 0 saturated carbocycles. The van der Waals surface area contributed by atoms with E-state index in [-0.39, 0.29) is 139 Å². The number of rotatable bonds is 49. The molecular formula is C65H109N14O25P3Si. The third-order valence-electron chi connectivity index (χ3n) is 17.3. The second-order valence-corrected chi connectivity index (χ2v) is 40.2. The molecule has 3 rings (SSSR count). The predicted molar refractivity (Wildman–Crippen MR) is 398 cm³/mol. The van der Waals surface area contributed by atoms with Crippen molar-refractivity contribution in [3.8, 4) is 0 Å². The average Bonchev–Trinajstić information content (AvgIpc) is 0.946. The van der Waals surface area contributed by atoms with E-state index in [0.717, 1.165) is 9.87 Å². The van der Waals surface area contributed by atoms with Crippen molar-refractivity contribution in [3.05, 3.63) is 41.7 Å². The summed E-state index contributed by atoms with van der Waals surface area (Å²) in [4.78, 5) is 211. The zero-order chi connectivity index (χ0) is 81.1. The number of aliphatic carboxylic acids is 7. The number of hydrogen-bond donors (Lipinski definition) is 18. The molecule has 608 valence electrons. The van der Waals surface area contributed by atoms with Gasteiger partial charge < -0.3 is 52.1 Å². The molecule has 1 aromatic heterocycles. The van der Waals surface area contributed by atoms with Gasteiger partial charge in [-0.2, -0.15) is 0 Å². The van der Waals surface area contributed by atoms with Crippen molar-refractivity contribution >= 4 is 121 Å². The normalized spacial score (nSPS) is 15.6. The van der Waals surface area contributed by atoms with Gasteiger partial charge in [0, 0.05) is 44.3 Å². The molecule has 0 radical (unpaired) electrons. The number of carbonyl (C=O) groups is 14. The van der Waals surface area contributed by atoms with Gasteiger partial charge in [-0.25, -0.2) is 24.0 Å². The topological polar surface area (TPSA) is 595 Å². The van der Waals surface area contributed by atoms with E-state index in [0.29, 0.717) is 38.6 Å². The first kappa shape index (κ1) is 94.0. The third-order valence-corrected chi connectivity index (χ3v) is 26.8. The number of nitrogens with zero attached hydrogens (tertiary/aromatic N) is 6. The van der Waals surface area contributed by atoms with Gasteiger partial charge in [0.15, 0.2) is 0 Å². The maximum atomic E-state index is 14.2. The summed E-state index contributed by atoms with van der Waals surface area (Å²) in [6.45, 7) is 14.5. The minimum atomic E-state index is -4.17. The number of carbonyl (C=O) groups excluding carboxylic acids is 7. The zero-order valence-corrected chi connectivity index (χ0v) is 65.8. The van der Waals surface area contributed by atoms with Gasteiger partial charge in [0.05, 0.1) is 8.80 Å². The quantitative estimate of drug-likeness (QED) is 0.0225. The minimum absolute atomic E-state index is 0.000372. The molecule has 39 nitrogen and oxygen atoms in total. The molecule has 1 fully saturated rings. The Labute approximate surface area is 628 Å². The number of amides is 8. The van der Waals surface area contributed by atoms with Gasteiger partial charge >= 0.3 is 316 Å². The van der Waals surface area contributed by atoms with E-state index in [1.165, 1.54) is 6.20 Å². The van der Waals surface area contributed by atoms with Crippen LogP contribution >= 0.6 is 23.7 Å². The van der Waals surface area contributed by atoms with E-state index >= 15 is 0 Å². The van der Waals surface area contributed by atoms with Crippen LogP contribution in [-0.4, -0.2) is 293 Å². The van der Waals surface area contributed by atoms with Gasteiger partial charge in [-0.3, -0.25) is 24.0 Å².